The van der Waals surface area contributed by atoms with E-state index in [4.69, 9.17) is 9.15 Å². The fourth-order valence-corrected chi connectivity index (χ4v) is 3.46. The van der Waals surface area contributed by atoms with E-state index >= 15 is 0 Å². The van der Waals surface area contributed by atoms with Crippen LogP contribution in [0.25, 0.3) is 22.3 Å². The highest BCUT2D eigenvalue weighted by Gasteiger charge is 2.15. The van der Waals surface area contributed by atoms with Gasteiger partial charge in [0.15, 0.2) is 11.3 Å². The Balaban J connectivity index is 1.56. The van der Waals surface area contributed by atoms with Crippen LogP contribution in [0.15, 0.2) is 71.3 Å². The van der Waals surface area contributed by atoms with Gasteiger partial charge < -0.3 is 14.1 Å². The van der Waals surface area contributed by atoms with E-state index in [1.807, 2.05) is 36.5 Å². The SMILES string of the molecule is COc1cc(CN(C)CCc2ccccn2)cc2cc(-c3ccccc3F)oc12. The Morgan fingerprint density at radius 2 is 1.90 bits per heavy atom. The van der Waals surface area contributed by atoms with Crippen molar-refractivity contribution >= 4 is 11.0 Å². The third-order valence-electron chi connectivity index (χ3n) is 4.93. The van der Waals surface area contributed by atoms with Gasteiger partial charge in [-0.25, -0.2) is 4.39 Å². The highest BCUT2D eigenvalue weighted by atomic mass is 19.1. The van der Waals surface area contributed by atoms with Crippen molar-refractivity contribution in [2.45, 2.75) is 13.0 Å². The summed E-state index contributed by atoms with van der Waals surface area (Å²) >= 11 is 0. The lowest BCUT2D eigenvalue weighted by Crippen LogP contribution is -2.21. The second-order valence-corrected chi connectivity index (χ2v) is 7.12. The molecule has 4 rings (SSSR count). The van der Waals surface area contributed by atoms with Crippen LogP contribution in [0.5, 0.6) is 5.75 Å². The molecule has 0 saturated heterocycles. The number of halogens is 1. The molecule has 0 aliphatic carbocycles. The fourth-order valence-electron chi connectivity index (χ4n) is 3.46. The van der Waals surface area contributed by atoms with Gasteiger partial charge in [0.05, 0.1) is 12.7 Å². The number of furan rings is 1. The Morgan fingerprint density at radius 1 is 1.07 bits per heavy atom. The van der Waals surface area contributed by atoms with Gasteiger partial charge in [0.25, 0.3) is 0 Å². The number of benzene rings is 2. The lowest BCUT2D eigenvalue weighted by molar-refractivity contribution is 0.329. The molecule has 0 radical (unpaired) electrons. The summed E-state index contributed by atoms with van der Waals surface area (Å²) < 4.78 is 25.6. The summed E-state index contributed by atoms with van der Waals surface area (Å²) in [5.41, 5.74) is 3.26. The standard InChI is InChI=1S/C24H23FN2O2/c1-27(12-10-19-7-5-6-11-26-19)16-17-13-18-15-22(20-8-3-4-9-21(20)25)29-24(18)23(14-17)28-2/h3-9,11,13-15H,10,12,16H2,1-2H3. The molecular weight excluding hydrogens is 367 g/mol. The predicted molar refractivity (Wildman–Crippen MR) is 112 cm³/mol. The van der Waals surface area contributed by atoms with Crippen LogP contribution in [-0.4, -0.2) is 30.6 Å². The van der Waals surface area contributed by atoms with Gasteiger partial charge in [-0.1, -0.05) is 18.2 Å². The Bertz CT molecular complexity index is 1110. The third kappa shape index (κ3) is 4.30. The fraction of sp³-hybridized carbons (Fsp3) is 0.208. The maximum atomic E-state index is 14.2. The second kappa shape index (κ2) is 8.45. The van der Waals surface area contributed by atoms with Gasteiger partial charge in [-0.05, 0) is 55.1 Å². The summed E-state index contributed by atoms with van der Waals surface area (Å²) in [4.78, 5) is 6.62. The summed E-state index contributed by atoms with van der Waals surface area (Å²) in [6.07, 6.45) is 2.71. The molecular formula is C24H23FN2O2. The quantitative estimate of drug-likeness (QED) is 0.428. The van der Waals surface area contributed by atoms with Gasteiger partial charge >= 0.3 is 0 Å². The Hall–Kier alpha value is -3.18. The summed E-state index contributed by atoms with van der Waals surface area (Å²) in [7, 11) is 3.70. The first kappa shape index (κ1) is 19.2. The molecule has 29 heavy (non-hydrogen) atoms. The van der Waals surface area contributed by atoms with Crippen LogP contribution in [0.3, 0.4) is 0 Å². The monoisotopic (exact) mass is 390 g/mol. The smallest absolute Gasteiger partial charge is 0.176 e. The predicted octanol–water partition coefficient (Wildman–Crippen LogP) is 5.32. The molecule has 0 N–H and O–H groups in total. The molecule has 148 valence electrons. The molecule has 0 unspecified atom stereocenters. The van der Waals surface area contributed by atoms with Gasteiger partial charge in [0, 0.05) is 36.8 Å². The number of hydrogen-bond donors (Lipinski definition) is 0. The summed E-state index contributed by atoms with van der Waals surface area (Å²) in [6.45, 7) is 1.66. The van der Waals surface area contributed by atoms with Crippen molar-refractivity contribution in [2.24, 2.45) is 0 Å². The third-order valence-corrected chi connectivity index (χ3v) is 4.93. The van der Waals surface area contributed by atoms with Crippen LogP contribution >= 0.6 is 0 Å². The minimum atomic E-state index is -0.306. The molecule has 0 fully saturated rings. The van der Waals surface area contributed by atoms with Gasteiger partial charge in [0.2, 0.25) is 0 Å². The van der Waals surface area contributed by atoms with Gasteiger partial charge in [0.1, 0.15) is 11.6 Å². The first-order valence-electron chi connectivity index (χ1n) is 9.58. The zero-order chi connectivity index (χ0) is 20.2. The average Bonchev–Trinajstić information content (AvgIpc) is 3.16. The van der Waals surface area contributed by atoms with Crippen LogP contribution in [0.4, 0.5) is 4.39 Å². The van der Waals surface area contributed by atoms with Crippen molar-refractivity contribution in [3.8, 4) is 17.1 Å². The number of pyridine rings is 1. The molecule has 4 aromatic rings. The van der Waals surface area contributed by atoms with Gasteiger partial charge in [-0.2, -0.15) is 0 Å². The number of rotatable bonds is 7. The molecule has 0 bridgehead atoms. The largest absolute Gasteiger partial charge is 0.493 e. The van der Waals surface area contributed by atoms with Crippen molar-refractivity contribution in [3.63, 3.8) is 0 Å². The zero-order valence-electron chi connectivity index (χ0n) is 16.6. The number of aromatic nitrogens is 1. The second-order valence-electron chi connectivity index (χ2n) is 7.12. The molecule has 2 heterocycles. The molecule has 0 aliphatic rings. The lowest BCUT2D eigenvalue weighted by Gasteiger charge is -2.17. The summed E-state index contributed by atoms with van der Waals surface area (Å²) in [5, 5.41) is 0.899. The maximum Gasteiger partial charge on any atom is 0.176 e. The van der Waals surface area contributed by atoms with Gasteiger partial charge in [-0.3, -0.25) is 4.98 Å². The van der Waals surface area contributed by atoms with E-state index < -0.39 is 0 Å². The highest BCUT2D eigenvalue weighted by Crippen LogP contribution is 2.35. The van der Waals surface area contributed by atoms with E-state index in [1.165, 1.54) is 6.07 Å². The molecule has 0 spiro atoms. The van der Waals surface area contributed by atoms with Crippen LogP contribution in [0.2, 0.25) is 0 Å². The first-order valence-corrected chi connectivity index (χ1v) is 9.58. The normalized spacial score (nSPS) is 11.3. The average molecular weight is 390 g/mol. The minimum Gasteiger partial charge on any atom is -0.493 e. The number of likely N-dealkylation sites (N-methyl/N-ethyl adjacent to an activating group) is 1. The van der Waals surface area contributed by atoms with E-state index in [-0.39, 0.29) is 5.82 Å². The van der Waals surface area contributed by atoms with E-state index in [2.05, 4.69) is 23.0 Å². The molecule has 4 nitrogen and oxygen atoms in total. The van der Waals surface area contributed by atoms with Crippen molar-refractivity contribution in [3.05, 3.63) is 83.9 Å². The van der Waals surface area contributed by atoms with E-state index in [0.29, 0.717) is 22.7 Å². The minimum absolute atomic E-state index is 0.306. The molecule has 5 heteroatoms. The Kier molecular flexibility index (Phi) is 5.58. The number of methoxy groups -OCH3 is 1. The number of hydrogen-bond acceptors (Lipinski definition) is 4. The first-order chi connectivity index (χ1) is 14.1. The van der Waals surface area contributed by atoms with Crippen molar-refractivity contribution < 1.29 is 13.5 Å². The van der Waals surface area contributed by atoms with E-state index in [0.717, 1.165) is 36.2 Å². The summed E-state index contributed by atoms with van der Waals surface area (Å²) in [6, 6.07) is 18.5. The Labute approximate surface area is 169 Å². The van der Waals surface area contributed by atoms with Gasteiger partial charge in [-0.15, -0.1) is 0 Å². The van der Waals surface area contributed by atoms with E-state index in [9.17, 15) is 4.39 Å². The Morgan fingerprint density at radius 3 is 2.66 bits per heavy atom. The van der Waals surface area contributed by atoms with Crippen molar-refractivity contribution in [2.75, 3.05) is 20.7 Å². The van der Waals surface area contributed by atoms with Crippen molar-refractivity contribution in [1.29, 1.82) is 0 Å². The van der Waals surface area contributed by atoms with E-state index in [1.54, 1.807) is 25.3 Å². The molecule has 2 aromatic heterocycles. The topological polar surface area (TPSA) is 38.5 Å². The van der Waals surface area contributed by atoms with Crippen LogP contribution in [0, 0.1) is 5.82 Å². The van der Waals surface area contributed by atoms with Crippen LogP contribution in [-0.2, 0) is 13.0 Å². The molecule has 0 atom stereocenters. The molecule has 0 amide bonds. The van der Waals surface area contributed by atoms with Crippen LogP contribution < -0.4 is 4.74 Å². The highest BCUT2D eigenvalue weighted by molar-refractivity contribution is 5.88. The number of fused-ring (bicyclic) bond motifs is 1. The molecule has 2 aromatic carbocycles. The number of nitrogens with zero attached hydrogens (tertiary/aromatic N) is 2. The molecule has 0 saturated carbocycles. The van der Waals surface area contributed by atoms with Crippen LogP contribution in [0.1, 0.15) is 11.3 Å². The summed E-state index contributed by atoms with van der Waals surface area (Å²) in [5.74, 6) is 0.843. The lowest BCUT2D eigenvalue weighted by atomic mass is 10.1. The molecule has 0 aliphatic heterocycles. The van der Waals surface area contributed by atoms with Crippen molar-refractivity contribution in [1.82, 2.24) is 9.88 Å². The maximum absolute atomic E-state index is 14.2. The zero-order valence-corrected chi connectivity index (χ0v) is 16.6. The number of ether oxygens (including phenoxy) is 1.